The standard InChI is InChI=1S/C17H17F2NO4/c1-23-17(22)14-7-10(21)8-20(14)9-11-5-6-15(24-11)16-12(18)3-2-4-13(16)19/h2-6,10,14,21H,7-9H2,1H3/t10-,14+/m1/s1. The lowest BCUT2D eigenvalue weighted by atomic mass is 10.1. The van der Waals surface area contributed by atoms with Gasteiger partial charge in [-0.3, -0.25) is 9.69 Å². The zero-order valence-corrected chi connectivity index (χ0v) is 13.0. The third-order valence-corrected chi connectivity index (χ3v) is 4.08. The number of furan rings is 1. The summed E-state index contributed by atoms with van der Waals surface area (Å²) < 4.78 is 37.9. The smallest absolute Gasteiger partial charge is 0.323 e. The maximum absolute atomic E-state index is 13.8. The van der Waals surface area contributed by atoms with E-state index in [-0.39, 0.29) is 24.3 Å². The molecule has 0 aliphatic carbocycles. The number of carbonyl (C=O) groups is 1. The monoisotopic (exact) mass is 337 g/mol. The summed E-state index contributed by atoms with van der Waals surface area (Å²) in [5.41, 5.74) is -0.227. The highest BCUT2D eigenvalue weighted by Crippen LogP contribution is 2.29. The molecule has 1 aromatic carbocycles. The molecule has 2 aromatic rings. The number of esters is 1. The van der Waals surface area contributed by atoms with Gasteiger partial charge >= 0.3 is 5.97 Å². The molecular weight excluding hydrogens is 320 g/mol. The number of hydrogen-bond acceptors (Lipinski definition) is 5. The lowest BCUT2D eigenvalue weighted by Crippen LogP contribution is -2.36. The van der Waals surface area contributed by atoms with Gasteiger partial charge in [-0.05, 0) is 24.3 Å². The molecule has 1 fully saturated rings. The van der Waals surface area contributed by atoms with Crippen molar-refractivity contribution in [3.8, 4) is 11.3 Å². The Morgan fingerprint density at radius 2 is 2.04 bits per heavy atom. The Bertz CT molecular complexity index is 726. The van der Waals surface area contributed by atoms with E-state index in [2.05, 4.69) is 0 Å². The number of β-amino-alcohol motifs (C(OH)–C–C–N with tert-alkyl or cyclic N) is 1. The van der Waals surface area contributed by atoms with Gasteiger partial charge in [0, 0.05) is 13.0 Å². The molecule has 24 heavy (non-hydrogen) atoms. The number of hydrogen-bond donors (Lipinski definition) is 1. The molecule has 1 N–H and O–H groups in total. The van der Waals surface area contributed by atoms with Gasteiger partial charge in [0.25, 0.3) is 0 Å². The minimum Gasteiger partial charge on any atom is -0.468 e. The maximum Gasteiger partial charge on any atom is 0.323 e. The summed E-state index contributed by atoms with van der Waals surface area (Å²) in [6.07, 6.45) is -0.352. The Morgan fingerprint density at radius 3 is 2.71 bits per heavy atom. The van der Waals surface area contributed by atoms with Gasteiger partial charge in [0.1, 0.15) is 29.2 Å². The van der Waals surface area contributed by atoms with Crippen molar-refractivity contribution in [2.24, 2.45) is 0 Å². The van der Waals surface area contributed by atoms with E-state index >= 15 is 0 Å². The minimum atomic E-state index is -0.708. The van der Waals surface area contributed by atoms with Gasteiger partial charge in [-0.15, -0.1) is 0 Å². The second-order valence-electron chi connectivity index (χ2n) is 5.72. The number of nitrogens with zero attached hydrogens (tertiary/aromatic N) is 1. The average molecular weight is 337 g/mol. The summed E-state index contributed by atoms with van der Waals surface area (Å²) in [6.45, 7) is 0.525. The van der Waals surface area contributed by atoms with E-state index in [9.17, 15) is 18.7 Å². The molecule has 1 saturated heterocycles. The largest absolute Gasteiger partial charge is 0.468 e. The molecule has 128 valence electrons. The number of likely N-dealkylation sites (tertiary alicyclic amines) is 1. The molecule has 3 rings (SSSR count). The van der Waals surface area contributed by atoms with Crippen LogP contribution in [-0.4, -0.2) is 41.8 Å². The fourth-order valence-electron chi connectivity index (χ4n) is 2.97. The molecule has 0 radical (unpaired) electrons. The highest BCUT2D eigenvalue weighted by molar-refractivity contribution is 5.76. The molecule has 5 nitrogen and oxygen atoms in total. The summed E-state index contributed by atoms with van der Waals surface area (Å²) in [5.74, 6) is -1.33. The van der Waals surface area contributed by atoms with Crippen molar-refractivity contribution in [2.75, 3.05) is 13.7 Å². The van der Waals surface area contributed by atoms with Gasteiger partial charge in [-0.1, -0.05) is 6.07 Å². The number of halogens is 2. The SMILES string of the molecule is COC(=O)[C@@H]1C[C@@H](O)CN1Cc1ccc(-c2c(F)cccc2F)o1. The first kappa shape index (κ1) is 16.6. The van der Waals surface area contributed by atoms with Crippen LogP contribution in [0.15, 0.2) is 34.7 Å². The van der Waals surface area contributed by atoms with Crippen LogP contribution in [0.25, 0.3) is 11.3 Å². The predicted octanol–water partition coefficient (Wildman–Crippen LogP) is 2.33. The third-order valence-electron chi connectivity index (χ3n) is 4.08. The second-order valence-corrected chi connectivity index (χ2v) is 5.72. The Morgan fingerprint density at radius 1 is 1.33 bits per heavy atom. The Hall–Kier alpha value is -2.25. The molecule has 1 aromatic heterocycles. The van der Waals surface area contributed by atoms with Crippen LogP contribution in [-0.2, 0) is 16.1 Å². The molecule has 0 amide bonds. The molecular formula is C17H17F2NO4. The van der Waals surface area contributed by atoms with Crippen LogP contribution in [0.1, 0.15) is 12.2 Å². The number of methoxy groups -OCH3 is 1. The van der Waals surface area contributed by atoms with Gasteiger partial charge in [-0.2, -0.15) is 0 Å². The van der Waals surface area contributed by atoms with Crippen LogP contribution < -0.4 is 0 Å². The molecule has 7 heteroatoms. The number of aliphatic hydroxyl groups excluding tert-OH is 1. The van der Waals surface area contributed by atoms with Crippen molar-refractivity contribution in [3.63, 3.8) is 0 Å². The van der Waals surface area contributed by atoms with Crippen LogP contribution in [0, 0.1) is 11.6 Å². The first-order valence-electron chi connectivity index (χ1n) is 7.52. The van der Waals surface area contributed by atoms with Crippen LogP contribution in [0.4, 0.5) is 8.78 Å². The van der Waals surface area contributed by atoms with Gasteiger partial charge in [-0.25, -0.2) is 8.78 Å². The molecule has 0 bridgehead atoms. The van der Waals surface area contributed by atoms with Crippen LogP contribution in [0.2, 0.25) is 0 Å². The fourth-order valence-corrected chi connectivity index (χ4v) is 2.97. The van der Waals surface area contributed by atoms with E-state index in [0.717, 1.165) is 12.1 Å². The maximum atomic E-state index is 13.8. The van der Waals surface area contributed by atoms with E-state index in [1.807, 2.05) is 0 Å². The number of aliphatic hydroxyl groups is 1. The summed E-state index contributed by atoms with van der Waals surface area (Å²) >= 11 is 0. The quantitative estimate of drug-likeness (QED) is 0.868. The molecule has 2 atom stereocenters. The van der Waals surface area contributed by atoms with Crippen molar-refractivity contribution in [1.82, 2.24) is 4.90 Å². The highest BCUT2D eigenvalue weighted by Gasteiger charge is 2.37. The Kier molecular flexibility index (Phi) is 4.64. The molecule has 0 spiro atoms. The summed E-state index contributed by atoms with van der Waals surface area (Å²) in [5, 5.41) is 9.77. The van der Waals surface area contributed by atoms with Gasteiger partial charge in [0.15, 0.2) is 0 Å². The van der Waals surface area contributed by atoms with Crippen LogP contribution >= 0.6 is 0 Å². The topological polar surface area (TPSA) is 62.9 Å². The van der Waals surface area contributed by atoms with E-state index in [1.54, 1.807) is 11.0 Å². The fraction of sp³-hybridized carbons (Fsp3) is 0.353. The Balaban J connectivity index is 1.80. The molecule has 1 aliphatic rings. The second kappa shape index (κ2) is 6.70. The van der Waals surface area contributed by atoms with E-state index < -0.39 is 29.7 Å². The van der Waals surface area contributed by atoms with Gasteiger partial charge in [0.2, 0.25) is 0 Å². The van der Waals surface area contributed by atoms with E-state index in [0.29, 0.717) is 12.3 Å². The zero-order chi connectivity index (χ0) is 17.3. The molecule has 0 saturated carbocycles. The molecule has 1 aliphatic heterocycles. The van der Waals surface area contributed by atoms with Crippen LogP contribution in [0.3, 0.4) is 0 Å². The summed E-state index contributed by atoms with van der Waals surface area (Å²) in [7, 11) is 1.29. The van der Waals surface area contributed by atoms with Crippen molar-refractivity contribution in [3.05, 3.63) is 47.7 Å². The first-order chi connectivity index (χ1) is 11.5. The predicted molar refractivity (Wildman–Crippen MR) is 80.9 cm³/mol. The number of benzene rings is 1. The zero-order valence-electron chi connectivity index (χ0n) is 13.0. The lowest BCUT2D eigenvalue weighted by molar-refractivity contribution is -0.146. The highest BCUT2D eigenvalue weighted by atomic mass is 19.1. The van der Waals surface area contributed by atoms with Crippen molar-refractivity contribution in [2.45, 2.75) is 25.1 Å². The number of ether oxygens (including phenoxy) is 1. The normalized spacial score (nSPS) is 21.2. The molecule has 2 heterocycles. The van der Waals surface area contributed by atoms with E-state index in [1.165, 1.54) is 19.2 Å². The third kappa shape index (κ3) is 3.18. The van der Waals surface area contributed by atoms with Crippen LogP contribution in [0.5, 0.6) is 0 Å². The van der Waals surface area contributed by atoms with Crippen molar-refractivity contribution in [1.29, 1.82) is 0 Å². The summed E-state index contributed by atoms with van der Waals surface area (Å²) in [6, 6.07) is 6.11. The average Bonchev–Trinajstić information content (AvgIpc) is 3.14. The van der Waals surface area contributed by atoms with Gasteiger partial charge < -0.3 is 14.3 Å². The summed E-state index contributed by atoms with van der Waals surface area (Å²) in [4.78, 5) is 13.5. The van der Waals surface area contributed by atoms with E-state index in [4.69, 9.17) is 9.15 Å². The Labute approximate surface area is 137 Å². The lowest BCUT2D eigenvalue weighted by Gasteiger charge is -2.20. The molecule has 0 unspecified atom stereocenters. The minimum absolute atomic E-state index is 0.0787. The number of rotatable bonds is 4. The van der Waals surface area contributed by atoms with Crippen molar-refractivity contribution < 1.29 is 27.8 Å². The first-order valence-corrected chi connectivity index (χ1v) is 7.52. The van der Waals surface area contributed by atoms with Gasteiger partial charge in [0.05, 0.1) is 25.3 Å². The van der Waals surface area contributed by atoms with Crippen molar-refractivity contribution >= 4 is 5.97 Å². The number of carbonyl (C=O) groups excluding carboxylic acids is 1.